The minimum atomic E-state index is -0.971. The van der Waals surface area contributed by atoms with Gasteiger partial charge in [-0.25, -0.2) is 9.78 Å². The van der Waals surface area contributed by atoms with Crippen LogP contribution in [0.1, 0.15) is 17.2 Å². The van der Waals surface area contributed by atoms with E-state index in [0.717, 1.165) is 17.5 Å². The molecule has 1 aromatic heterocycles. The highest BCUT2D eigenvalue weighted by Crippen LogP contribution is 2.03. The van der Waals surface area contributed by atoms with Gasteiger partial charge in [-0.2, -0.15) is 0 Å². The summed E-state index contributed by atoms with van der Waals surface area (Å²) in [5, 5.41) is 8.32. The summed E-state index contributed by atoms with van der Waals surface area (Å²) in [5.74, 6) is -0.394. The van der Waals surface area contributed by atoms with Crippen molar-refractivity contribution in [3.05, 3.63) is 23.3 Å². The molecule has 0 spiro atoms. The number of imidazole rings is 1. The van der Waals surface area contributed by atoms with E-state index in [9.17, 15) is 4.79 Å². The number of aromatic amines is 1. The number of carbonyl (C=O) groups is 1. The number of hydrogen-bond acceptors (Lipinski definition) is 2. The maximum Gasteiger partial charge on any atom is 0.328 e. The molecule has 0 fully saturated rings. The third-order valence-corrected chi connectivity index (χ3v) is 1.53. The summed E-state index contributed by atoms with van der Waals surface area (Å²) < 4.78 is 0. The first kappa shape index (κ1) is 11.7. The molecular weight excluding hydrogens is 192 g/mol. The molecule has 0 saturated carbocycles. The van der Waals surface area contributed by atoms with Crippen LogP contribution in [0.2, 0.25) is 0 Å². The van der Waals surface area contributed by atoms with Crippen molar-refractivity contribution in [1.82, 2.24) is 9.97 Å². The fourth-order valence-electron chi connectivity index (χ4n) is 0.804. The van der Waals surface area contributed by atoms with Gasteiger partial charge in [0.15, 0.2) is 0 Å². The van der Waals surface area contributed by atoms with Gasteiger partial charge in [-0.1, -0.05) is 0 Å². The zero-order valence-electron chi connectivity index (χ0n) is 7.37. The van der Waals surface area contributed by atoms with E-state index in [-0.39, 0.29) is 12.4 Å². The summed E-state index contributed by atoms with van der Waals surface area (Å²) in [6.45, 7) is 3.75. The van der Waals surface area contributed by atoms with Crippen LogP contribution in [-0.2, 0) is 4.79 Å². The lowest BCUT2D eigenvalue weighted by atomic mass is 10.4. The van der Waals surface area contributed by atoms with Crippen LogP contribution in [0.25, 0.3) is 6.08 Å². The number of H-pyrrole nitrogens is 1. The lowest BCUT2D eigenvalue weighted by molar-refractivity contribution is -0.131. The topological polar surface area (TPSA) is 66.0 Å². The third kappa shape index (κ3) is 3.29. The molecule has 0 atom stereocenters. The number of rotatable bonds is 2. The smallest absolute Gasteiger partial charge is 0.328 e. The number of nitrogens with zero attached hydrogens (tertiary/aromatic N) is 1. The Hall–Kier alpha value is -1.29. The molecule has 0 aliphatic rings. The molecule has 1 heterocycles. The zero-order chi connectivity index (χ0) is 9.14. The van der Waals surface area contributed by atoms with Gasteiger partial charge in [0.1, 0.15) is 5.82 Å². The van der Waals surface area contributed by atoms with Gasteiger partial charge in [-0.3, -0.25) is 0 Å². The molecule has 0 aliphatic heterocycles. The quantitative estimate of drug-likeness (QED) is 0.715. The molecule has 0 radical (unpaired) electrons. The Labute approximate surface area is 82.1 Å². The van der Waals surface area contributed by atoms with E-state index in [4.69, 9.17) is 5.11 Å². The first-order chi connectivity index (χ1) is 5.59. The van der Waals surface area contributed by atoms with Crippen LogP contribution < -0.4 is 0 Å². The van der Waals surface area contributed by atoms with Crippen molar-refractivity contribution in [1.29, 1.82) is 0 Å². The van der Waals surface area contributed by atoms with Crippen molar-refractivity contribution in [3.8, 4) is 0 Å². The van der Waals surface area contributed by atoms with Crippen LogP contribution in [0.5, 0.6) is 0 Å². The van der Waals surface area contributed by atoms with E-state index >= 15 is 0 Å². The van der Waals surface area contributed by atoms with Crippen molar-refractivity contribution in [2.75, 3.05) is 0 Å². The molecule has 0 saturated heterocycles. The fraction of sp³-hybridized carbons (Fsp3) is 0.250. The standard InChI is InChI=1S/C8H10N2O2.ClH/c1-5-6(2)10-7(9-5)3-4-8(11)12;/h3-4H,1-2H3,(H,9,10)(H,11,12);1H. The number of aryl methyl sites for hydroxylation is 2. The first-order valence-electron chi connectivity index (χ1n) is 3.54. The minimum Gasteiger partial charge on any atom is -0.478 e. The number of aromatic nitrogens is 2. The molecule has 1 aromatic rings. The number of halogens is 1. The molecule has 1 rings (SSSR count). The molecule has 0 aliphatic carbocycles. The molecule has 0 unspecified atom stereocenters. The highest BCUT2D eigenvalue weighted by Gasteiger charge is 1.98. The van der Waals surface area contributed by atoms with Gasteiger partial charge in [0, 0.05) is 11.8 Å². The van der Waals surface area contributed by atoms with Crippen molar-refractivity contribution in [3.63, 3.8) is 0 Å². The highest BCUT2D eigenvalue weighted by atomic mass is 35.5. The Bertz CT molecular complexity index is 311. The van der Waals surface area contributed by atoms with Gasteiger partial charge in [-0.15, -0.1) is 12.4 Å². The van der Waals surface area contributed by atoms with Crippen LogP contribution in [0, 0.1) is 13.8 Å². The summed E-state index contributed by atoms with van der Waals surface area (Å²) in [6.07, 6.45) is 2.49. The van der Waals surface area contributed by atoms with Gasteiger partial charge in [0.25, 0.3) is 0 Å². The summed E-state index contributed by atoms with van der Waals surface area (Å²) in [7, 11) is 0. The lowest BCUT2D eigenvalue weighted by Gasteiger charge is -1.81. The Morgan fingerprint density at radius 2 is 2.15 bits per heavy atom. The summed E-state index contributed by atoms with van der Waals surface area (Å²) in [6, 6.07) is 0. The van der Waals surface area contributed by atoms with Crippen molar-refractivity contribution in [2.45, 2.75) is 13.8 Å². The van der Waals surface area contributed by atoms with Crippen LogP contribution >= 0.6 is 12.4 Å². The van der Waals surface area contributed by atoms with Crippen LogP contribution in [0.3, 0.4) is 0 Å². The minimum absolute atomic E-state index is 0. The normalized spacial score (nSPS) is 10.0. The van der Waals surface area contributed by atoms with Gasteiger partial charge >= 0.3 is 5.97 Å². The van der Waals surface area contributed by atoms with E-state index in [1.807, 2.05) is 13.8 Å². The molecule has 5 heteroatoms. The number of nitrogens with one attached hydrogen (secondary N) is 1. The molecule has 72 valence electrons. The summed E-state index contributed by atoms with van der Waals surface area (Å²) in [4.78, 5) is 17.2. The Morgan fingerprint density at radius 3 is 2.54 bits per heavy atom. The van der Waals surface area contributed by atoms with E-state index in [2.05, 4.69) is 9.97 Å². The number of carboxylic acid groups (broad SMARTS) is 1. The molecule has 2 N–H and O–H groups in total. The fourth-order valence-corrected chi connectivity index (χ4v) is 0.804. The molecule has 0 amide bonds. The maximum atomic E-state index is 10.1. The van der Waals surface area contributed by atoms with E-state index in [1.54, 1.807) is 0 Å². The summed E-state index contributed by atoms with van der Waals surface area (Å²) >= 11 is 0. The third-order valence-electron chi connectivity index (χ3n) is 1.53. The van der Waals surface area contributed by atoms with Crippen LogP contribution in [0.4, 0.5) is 0 Å². The van der Waals surface area contributed by atoms with Gasteiger partial charge in [-0.05, 0) is 19.9 Å². The number of carboxylic acids is 1. The predicted molar refractivity (Wildman–Crippen MR) is 52.0 cm³/mol. The monoisotopic (exact) mass is 202 g/mol. The molecular formula is C8H11ClN2O2. The van der Waals surface area contributed by atoms with Crippen molar-refractivity contribution in [2.24, 2.45) is 0 Å². The number of aliphatic carboxylic acids is 1. The SMILES string of the molecule is Cc1nc(C=CC(=O)O)[nH]c1C.Cl. The average molecular weight is 203 g/mol. The largest absolute Gasteiger partial charge is 0.478 e. The van der Waals surface area contributed by atoms with Crippen LogP contribution in [-0.4, -0.2) is 21.0 Å². The van der Waals surface area contributed by atoms with Crippen molar-refractivity contribution < 1.29 is 9.90 Å². The summed E-state index contributed by atoms with van der Waals surface area (Å²) in [5.41, 5.74) is 1.85. The lowest BCUT2D eigenvalue weighted by Crippen LogP contribution is -1.86. The Morgan fingerprint density at radius 1 is 1.54 bits per heavy atom. The predicted octanol–water partition coefficient (Wildman–Crippen LogP) is 1.55. The Balaban J connectivity index is 0.00000144. The average Bonchev–Trinajstić information content (AvgIpc) is 2.28. The second kappa shape index (κ2) is 4.67. The second-order valence-corrected chi connectivity index (χ2v) is 2.50. The molecule has 13 heavy (non-hydrogen) atoms. The first-order valence-corrected chi connectivity index (χ1v) is 3.54. The van der Waals surface area contributed by atoms with Gasteiger partial charge in [0.05, 0.1) is 5.69 Å². The molecule has 0 aromatic carbocycles. The van der Waals surface area contributed by atoms with E-state index < -0.39 is 5.97 Å². The zero-order valence-corrected chi connectivity index (χ0v) is 8.18. The Kier molecular flexibility index (Phi) is 4.20. The highest BCUT2D eigenvalue weighted by molar-refractivity contribution is 5.85. The van der Waals surface area contributed by atoms with E-state index in [1.165, 1.54) is 6.08 Å². The molecule has 0 bridgehead atoms. The van der Waals surface area contributed by atoms with E-state index in [0.29, 0.717) is 5.82 Å². The molecule has 4 nitrogen and oxygen atoms in total. The second-order valence-electron chi connectivity index (χ2n) is 2.50. The van der Waals surface area contributed by atoms with Crippen molar-refractivity contribution >= 4 is 24.5 Å². The number of hydrogen-bond donors (Lipinski definition) is 2. The van der Waals surface area contributed by atoms with Gasteiger partial charge < -0.3 is 10.1 Å². The maximum absolute atomic E-state index is 10.1. The van der Waals surface area contributed by atoms with Crippen LogP contribution in [0.15, 0.2) is 6.08 Å². The van der Waals surface area contributed by atoms with Gasteiger partial charge in [0.2, 0.25) is 0 Å².